The number of alkyl halides is 3. The van der Waals surface area contributed by atoms with Crippen molar-refractivity contribution in [2.45, 2.75) is 26.4 Å². The molecule has 0 spiro atoms. The molecular weight excluding hydrogens is 335 g/mol. The molecule has 0 fully saturated rings. The van der Waals surface area contributed by atoms with Crippen LogP contribution in [0.3, 0.4) is 0 Å². The number of carbonyl (C=O) groups is 1. The number of hydrogen-bond donors (Lipinski definition) is 1. The lowest BCUT2D eigenvalue weighted by Crippen LogP contribution is -2.12. The Bertz CT molecular complexity index is 727. The van der Waals surface area contributed by atoms with Crippen LogP contribution in [0, 0.1) is 0 Å². The van der Waals surface area contributed by atoms with Gasteiger partial charge >= 0.3 is 6.18 Å². The molecule has 0 aliphatic carbocycles. The fraction of sp³-hybridized carbons (Fsp3) is 0.278. The molecule has 2 rings (SSSR count). The zero-order valence-electron chi connectivity index (χ0n) is 13.8. The van der Waals surface area contributed by atoms with Gasteiger partial charge in [-0.3, -0.25) is 4.79 Å². The number of halogens is 3. The van der Waals surface area contributed by atoms with Gasteiger partial charge in [0.2, 0.25) is 5.91 Å². The van der Waals surface area contributed by atoms with Crippen LogP contribution in [-0.4, -0.2) is 12.5 Å². The second kappa shape index (κ2) is 7.92. The van der Waals surface area contributed by atoms with E-state index in [2.05, 4.69) is 5.32 Å². The minimum atomic E-state index is -4.51. The van der Waals surface area contributed by atoms with Crippen molar-refractivity contribution in [1.82, 2.24) is 0 Å². The second-order valence-electron chi connectivity index (χ2n) is 5.12. The molecule has 2 aromatic rings. The van der Waals surface area contributed by atoms with E-state index in [-0.39, 0.29) is 17.9 Å². The number of amides is 1. The van der Waals surface area contributed by atoms with Crippen molar-refractivity contribution in [3.8, 4) is 17.2 Å². The largest absolute Gasteiger partial charge is 0.494 e. The molecule has 0 aliphatic heterocycles. The number of nitrogens with one attached hydrogen (secondary N) is 1. The van der Waals surface area contributed by atoms with E-state index in [1.165, 1.54) is 6.07 Å². The smallest absolute Gasteiger partial charge is 0.416 e. The van der Waals surface area contributed by atoms with Gasteiger partial charge in [0.1, 0.15) is 11.5 Å². The summed E-state index contributed by atoms with van der Waals surface area (Å²) in [6.07, 6.45) is -4.37. The maximum Gasteiger partial charge on any atom is 0.416 e. The fourth-order valence-electron chi connectivity index (χ4n) is 2.03. The van der Waals surface area contributed by atoms with Crippen LogP contribution in [0.15, 0.2) is 42.5 Å². The molecule has 0 saturated heterocycles. The Kier molecular flexibility index (Phi) is 5.90. The van der Waals surface area contributed by atoms with Gasteiger partial charge < -0.3 is 14.8 Å². The summed E-state index contributed by atoms with van der Waals surface area (Å²) in [4.78, 5) is 11.6. The monoisotopic (exact) mass is 353 g/mol. The molecule has 1 amide bonds. The molecule has 4 nitrogen and oxygen atoms in total. The number of carbonyl (C=O) groups excluding carboxylic acids is 1. The third-order valence-electron chi connectivity index (χ3n) is 3.26. The zero-order valence-corrected chi connectivity index (χ0v) is 13.8. The molecule has 0 unspecified atom stereocenters. The summed E-state index contributed by atoms with van der Waals surface area (Å²) < 4.78 is 49.6. The minimum Gasteiger partial charge on any atom is -0.494 e. The molecule has 2 aromatic carbocycles. The molecule has 1 N–H and O–H groups in total. The van der Waals surface area contributed by atoms with Crippen molar-refractivity contribution in [2.75, 3.05) is 11.9 Å². The predicted octanol–water partition coefficient (Wildman–Crippen LogP) is 5.24. The highest BCUT2D eigenvalue weighted by atomic mass is 19.4. The first-order valence-electron chi connectivity index (χ1n) is 7.75. The Morgan fingerprint density at radius 1 is 1.04 bits per heavy atom. The lowest BCUT2D eigenvalue weighted by molar-refractivity contribution is -0.137. The van der Waals surface area contributed by atoms with Gasteiger partial charge in [0, 0.05) is 6.42 Å². The highest BCUT2D eigenvalue weighted by Gasteiger charge is 2.31. The molecule has 0 aliphatic rings. The Labute approximate surface area is 143 Å². The number of anilines is 1. The van der Waals surface area contributed by atoms with Crippen LogP contribution in [0.25, 0.3) is 0 Å². The first kappa shape index (κ1) is 18.6. The number of rotatable bonds is 6. The average molecular weight is 353 g/mol. The van der Waals surface area contributed by atoms with E-state index in [0.29, 0.717) is 18.1 Å². The molecule has 7 heteroatoms. The normalized spacial score (nSPS) is 11.1. The van der Waals surface area contributed by atoms with Crippen molar-refractivity contribution in [2.24, 2.45) is 0 Å². The van der Waals surface area contributed by atoms with Gasteiger partial charge in [0.05, 0.1) is 17.9 Å². The highest BCUT2D eigenvalue weighted by Crippen LogP contribution is 2.37. The average Bonchev–Trinajstić information content (AvgIpc) is 2.57. The maximum atomic E-state index is 12.9. The first-order valence-corrected chi connectivity index (χ1v) is 7.75. The van der Waals surface area contributed by atoms with Gasteiger partial charge in [-0.1, -0.05) is 6.92 Å². The van der Waals surface area contributed by atoms with E-state index >= 15 is 0 Å². The Morgan fingerprint density at radius 3 is 2.24 bits per heavy atom. The van der Waals surface area contributed by atoms with E-state index in [1.54, 1.807) is 31.2 Å². The molecule has 0 saturated carbocycles. The van der Waals surface area contributed by atoms with E-state index in [0.717, 1.165) is 12.1 Å². The summed E-state index contributed by atoms with van der Waals surface area (Å²) in [7, 11) is 0. The number of hydrogen-bond acceptors (Lipinski definition) is 3. The number of benzene rings is 2. The van der Waals surface area contributed by atoms with Gasteiger partial charge in [0.15, 0.2) is 5.75 Å². The first-order chi connectivity index (χ1) is 11.8. The van der Waals surface area contributed by atoms with Crippen molar-refractivity contribution >= 4 is 11.6 Å². The van der Waals surface area contributed by atoms with E-state index in [4.69, 9.17) is 9.47 Å². The molecule has 0 heterocycles. The second-order valence-corrected chi connectivity index (χ2v) is 5.12. The van der Waals surface area contributed by atoms with Crippen LogP contribution in [-0.2, 0) is 11.0 Å². The van der Waals surface area contributed by atoms with Crippen LogP contribution >= 0.6 is 0 Å². The standard InChI is InChI=1S/C18H18F3NO3/c1-3-17(23)22-15-11-12(18(19,20)21)5-10-16(15)25-14-8-6-13(7-9-14)24-4-2/h5-11H,3-4H2,1-2H3,(H,22,23). The summed E-state index contributed by atoms with van der Waals surface area (Å²) in [6.45, 7) is 3.98. The van der Waals surface area contributed by atoms with E-state index in [1.807, 2.05) is 6.92 Å². The SMILES string of the molecule is CCOc1ccc(Oc2ccc(C(F)(F)F)cc2NC(=O)CC)cc1. The zero-order chi connectivity index (χ0) is 18.4. The lowest BCUT2D eigenvalue weighted by Gasteiger charge is -2.15. The molecule has 25 heavy (non-hydrogen) atoms. The third kappa shape index (κ3) is 5.14. The Hall–Kier alpha value is -2.70. The van der Waals surface area contributed by atoms with Gasteiger partial charge in [-0.15, -0.1) is 0 Å². The summed E-state index contributed by atoms with van der Waals surface area (Å²) in [5.74, 6) is 0.784. The van der Waals surface area contributed by atoms with Gasteiger partial charge in [0.25, 0.3) is 0 Å². The Balaban J connectivity index is 2.30. The topological polar surface area (TPSA) is 47.6 Å². The van der Waals surface area contributed by atoms with Crippen LogP contribution < -0.4 is 14.8 Å². The minimum absolute atomic E-state index is 0.0319. The van der Waals surface area contributed by atoms with Gasteiger partial charge in [-0.2, -0.15) is 13.2 Å². The fourth-order valence-corrected chi connectivity index (χ4v) is 2.03. The van der Waals surface area contributed by atoms with Crippen LogP contribution in [0.1, 0.15) is 25.8 Å². The molecule has 0 radical (unpaired) electrons. The van der Waals surface area contributed by atoms with Crippen LogP contribution in [0.5, 0.6) is 17.2 Å². The van der Waals surface area contributed by atoms with E-state index in [9.17, 15) is 18.0 Å². The van der Waals surface area contributed by atoms with Gasteiger partial charge in [-0.05, 0) is 49.4 Å². The van der Waals surface area contributed by atoms with Crippen LogP contribution in [0.4, 0.5) is 18.9 Å². The van der Waals surface area contributed by atoms with Crippen LogP contribution in [0.2, 0.25) is 0 Å². The summed E-state index contributed by atoms with van der Waals surface area (Å²) in [6, 6.07) is 9.59. The summed E-state index contributed by atoms with van der Waals surface area (Å²) in [5.41, 5.74) is -0.895. The lowest BCUT2D eigenvalue weighted by atomic mass is 10.1. The predicted molar refractivity (Wildman–Crippen MR) is 88.0 cm³/mol. The molecule has 0 bridgehead atoms. The molecular formula is C18H18F3NO3. The third-order valence-corrected chi connectivity index (χ3v) is 3.26. The van der Waals surface area contributed by atoms with Gasteiger partial charge in [-0.25, -0.2) is 0 Å². The highest BCUT2D eigenvalue weighted by molar-refractivity contribution is 5.92. The van der Waals surface area contributed by atoms with Crippen molar-refractivity contribution in [3.63, 3.8) is 0 Å². The van der Waals surface area contributed by atoms with Crippen molar-refractivity contribution in [3.05, 3.63) is 48.0 Å². The maximum absolute atomic E-state index is 12.9. The summed E-state index contributed by atoms with van der Waals surface area (Å²) in [5, 5.41) is 2.44. The van der Waals surface area contributed by atoms with Crippen molar-refractivity contribution < 1.29 is 27.4 Å². The van der Waals surface area contributed by atoms with E-state index < -0.39 is 17.6 Å². The molecule has 0 aromatic heterocycles. The molecule has 0 atom stereocenters. The van der Waals surface area contributed by atoms with Crippen molar-refractivity contribution in [1.29, 1.82) is 0 Å². The Morgan fingerprint density at radius 2 is 1.68 bits per heavy atom. The summed E-state index contributed by atoms with van der Waals surface area (Å²) >= 11 is 0. The quantitative estimate of drug-likeness (QED) is 0.772. The number of ether oxygens (including phenoxy) is 2. The molecule has 134 valence electrons.